The number of rotatable bonds is 7. The zero-order valence-corrected chi connectivity index (χ0v) is 42.0. The summed E-state index contributed by atoms with van der Waals surface area (Å²) < 4.78 is 9.35. The third-order valence-corrected chi connectivity index (χ3v) is 15.8. The molecule has 78 heavy (non-hydrogen) atoms. The number of hydrogen-bond acceptors (Lipinski definition) is 3. The van der Waals surface area contributed by atoms with E-state index in [2.05, 4.69) is 249 Å². The van der Waals surface area contributed by atoms with Crippen LogP contribution in [0, 0.1) is 11.3 Å². The molecule has 0 radical (unpaired) electrons. The van der Waals surface area contributed by atoms with Crippen molar-refractivity contribution in [2.45, 2.75) is 0 Å². The van der Waals surface area contributed by atoms with Crippen molar-refractivity contribution in [3.05, 3.63) is 266 Å². The molecule has 5 aromatic heterocycles. The van der Waals surface area contributed by atoms with Gasteiger partial charge in [-0.25, -0.2) is 9.97 Å². The summed E-state index contributed by atoms with van der Waals surface area (Å²) in [7, 11) is 0. The van der Waals surface area contributed by atoms with Crippen LogP contribution in [0.4, 0.5) is 0 Å². The lowest BCUT2D eigenvalue weighted by atomic mass is 10.0. The Hall–Kier alpha value is -10.8. The van der Waals surface area contributed by atoms with Gasteiger partial charge < -0.3 is 18.3 Å². The molecule has 0 unspecified atom stereocenters. The van der Waals surface area contributed by atoms with E-state index in [0.29, 0.717) is 11.4 Å². The van der Waals surface area contributed by atoms with Crippen molar-refractivity contribution in [2.24, 2.45) is 0 Å². The van der Waals surface area contributed by atoms with Gasteiger partial charge >= 0.3 is 0 Å². The van der Waals surface area contributed by atoms with Crippen LogP contribution in [0.5, 0.6) is 0 Å². The van der Waals surface area contributed by atoms with Crippen LogP contribution in [0.25, 0.3) is 144 Å². The van der Waals surface area contributed by atoms with Gasteiger partial charge in [0.05, 0.1) is 66.9 Å². The zero-order valence-electron chi connectivity index (χ0n) is 42.0. The third-order valence-electron chi connectivity index (χ3n) is 15.8. The number of nitriles is 1. The molecule has 0 amide bonds. The number of aromatic nitrogens is 6. The molecule has 0 aliphatic carbocycles. The summed E-state index contributed by atoms with van der Waals surface area (Å²) >= 11 is 0. The number of benzene rings is 11. The molecule has 0 fully saturated rings. The molecule has 0 saturated carbocycles. The van der Waals surface area contributed by atoms with Gasteiger partial charge in [-0.05, 0) is 91.0 Å². The standard InChI is InChI=1S/C71H43N7/c72-44-58-65(77-63-35-19-15-31-52(63)56-39-67-54(41-69(56)77)50-29-13-17-33-61(50)75(67)48-25-9-3-10-26-48)37-47(71-73-59(45-21-5-1-6-22-45)43-60(74-71)46-23-7-2-8-24-46)38-66(58)78-64-36-20-16-32-53(64)57-40-68-55(42-70(57)78)51-30-14-18-34-62(51)76(68)49-27-11-4-12-28-49/h1-43H. The molecule has 11 aromatic carbocycles. The molecule has 0 saturated heterocycles. The first-order chi connectivity index (χ1) is 38.7. The van der Waals surface area contributed by atoms with E-state index in [0.717, 1.165) is 138 Å². The van der Waals surface area contributed by atoms with E-state index in [1.807, 2.05) is 36.4 Å². The topological polar surface area (TPSA) is 69.3 Å². The molecule has 5 heterocycles. The van der Waals surface area contributed by atoms with Crippen molar-refractivity contribution in [1.82, 2.24) is 28.2 Å². The highest BCUT2D eigenvalue weighted by molar-refractivity contribution is 6.21. The van der Waals surface area contributed by atoms with Crippen LogP contribution in [0.3, 0.4) is 0 Å². The number of fused-ring (bicyclic) bond motifs is 12. The summed E-state index contributed by atoms with van der Waals surface area (Å²) in [4.78, 5) is 10.9. The molecule has 16 aromatic rings. The maximum atomic E-state index is 12.1. The largest absolute Gasteiger partial charge is 0.309 e. The lowest BCUT2D eigenvalue weighted by Crippen LogP contribution is -2.06. The molecule has 16 rings (SSSR count). The molecule has 0 aliphatic rings. The van der Waals surface area contributed by atoms with Gasteiger partial charge in [0.2, 0.25) is 0 Å². The fourth-order valence-corrected chi connectivity index (χ4v) is 12.4. The SMILES string of the molecule is N#Cc1c(-n2c3ccccc3c3cc4c(cc32)c2ccccc2n4-c2ccccc2)cc(-c2nc(-c3ccccc3)cc(-c3ccccc3)n2)cc1-n1c2ccccc2c2cc3c(cc21)c1ccccc1n3-c1ccccc1. The molecule has 0 atom stereocenters. The fraction of sp³-hybridized carbons (Fsp3) is 0. The van der Waals surface area contributed by atoms with Crippen molar-refractivity contribution >= 4 is 87.2 Å². The number of para-hydroxylation sites is 6. The van der Waals surface area contributed by atoms with Gasteiger partial charge in [-0.2, -0.15) is 5.26 Å². The minimum atomic E-state index is 0.519. The summed E-state index contributed by atoms with van der Waals surface area (Å²) in [6.07, 6.45) is 0. The predicted octanol–water partition coefficient (Wildman–Crippen LogP) is 17.7. The average Bonchev–Trinajstić information content (AvgIpc) is 4.41. The Morgan fingerprint density at radius 3 is 0.936 bits per heavy atom. The Bertz CT molecular complexity index is 4820. The Morgan fingerprint density at radius 2 is 0.577 bits per heavy atom. The average molecular weight is 994 g/mol. The number of nitrogens with zero attached hydrogens (tertiary/aromatic N) is 7. The molecule has 0 N–H and O–H groups in total. The van der Waals surface area contributed by atoms with Gasteiger partial charge in [-0.1, -0.05) is 170 Å². The Morgan fingerprint density at radius 1 is 0.269 bits per heavy atom. The predicted molar refractivity (Wildman–Crippen MR) is 320 cm³/mol. The van der Waals surface area contributed by atoms with Crippen LogP contribution in [0.2, 0.25) is 0 Å². The van der Waals surface area contributed by atoms with Crippen LogP contribution in [-0.2, 0) is 0 Å². The second kappa shape index (κ2) is 17.1. The fourth-order valence-electron chi connectivity index (χ4n) is 12.4. The van der Waals surface area contributed by atoms with Crippen molar-refractivity contribution < 1.29 is 0 Å². The lowest BCUT2D eigenvalue weighted by molar-refractivity contribution is 1.11. The maximum absolute atomic E-state index is 12.1. The molecular formula is C71H43N7. The second-order valence-corrected chi connectivity index (χ2v) is 20.0. The van der Waals surface area contributed by atoms with Gasteiger partial charge in [0, 0.05) is 71.2 Å². The van der Waals surface area contributed by atoms with Gasteiger partial charge in [0.1, 0.15) is 11.6 Å². The van der Waals surface area contributed by atoms with Crippen molar-refractivity contribution in [1.29, 1.82) is 5.26 Å². The van der Waals surface area contributed by atoms with Gasteiger partial charge in [-0.15, -0.1) is 0 Å². The van der Waals surface area contributed by atoms with Gasteiger partial charge in [0.25, 0.3) is 0 Å². The molecule has 0 bridgehead atoms. The lowest BCUT2D eigenvalue weighted by Gasteiger charge is -2.18. The zero-order chi connectivity index (χ0) is 51.4. The summed E-state index contributed by atoms with van der Waals surface area (Å²) in [6.45, 7) is 0. The molecule has 362 valence electrons. The minimum absolute atomic E-state index is 0.519. The first-order valence-electron chi connectivity index (χ1n) is 26.3. The summed E-state index contributed by atoms with van der Waals surface area (Å²) in [5, 5.41) is 21.0. The van der Waals surface area contributed by atoms with Crippen LogP contribution >= 0.6 is 0 Å². The smallest absolute Gasteiger partial charge is 0.160 e. The highest BCUT2D eigenvalue weighted by Gasteiger charge is 2.26. The summed E-state index contributed by atoms with van der Waals surface area (Å²) in [5.74, 6) is 0.547. The molecule has 0 aliphatic heterocycles. The minimum Gasteiger partial charge on any atom is -0.309 e. The Balaban J connectivity index is 1.05. The normalized spacial score (nSPS) is 11.8. The van der Waals surface area contributed by atoms with Crippen molar-refractivity contribution in [3.8, 4) is 62.7 Å². The third kappa shape index (κ3) is 6.51. The molecule has 7 heteroatoms. The van der Waals surface area contributed by atoms with E-state index in [1.165, 1.54) is 0 Å². The summed E-state index contributed by atoms with van der Waals surface area (Å²) in [5.41, 5.74) is 16.9. The Labute approximate surface area is 447 Å². The molecular weight excluding hydrogens is 951 g/mol. The van der Waals surface area contributed by atoms with Crippen LogP contribution in [0.15, 0.2) is 261 Å². The van der Waals surface area contributed by atoms with E-state index in [9.17, 15) is 5.26 Å². The van der Waals surface area contributed by atoms with Gasteiger partial charge in [-0.3, -0.25) is 0 Å². The quantitative estimate of drug-likeness (QED) is 0.160. The number of hydrogen-bond donors (Lipinski definition) is 0. The van der Waals surface area contributed by atoms with Crippen LogP contribution in [-0.4, -0.2) is 28.2 Å². The monoisotopic (exact) mass is 993 g/mol. The summed E-state index contributed by atoms with van der Waals surface area (Å²) in [6, 6.07) is 94.8. The first kappa shape index (κ1) is 43.6. The van der Waals surface area contributed by atoms with E-state index in [-0.39, 0.29) is 0 Å². The first-order valence-corrected chi connectivity index (χ1v) is 26.3. The van der Waals surface area contributed by atoms with E-state index >= 15 is 0 Å². The van der Waals surface area contributed by atoms with E-state index in [4.69, 9.17) is 9.97 Å². The van der Waals surface area contributed by atoms with E-state index in [1.54, 1.807) is 0 Å². The van der Waals surface area contributed by atoms with E-state index < -0.39 is 0 Å². The van der Waals surface area contributed by atoms with Gasteiger partial charge in [0.15, 0.2) is 5.82 Å². The second-order valence-electron chi connectivity index (χ2n) is 20.0. The van der Waals surface area contributed by atoms with Crippen LogP contribution in [0.1, 0.15) is 5.56 Å². The molecule has 0 spiro atoms. The van der Waals surface area contributed by atoms with Crippen LogP contribution < -0.4 is 0 Å². The van der Waals surface area contributed by atoms with Crippen molar-refractivity contribution in [3.63, 3.8) is 0 Å². The maximum Gasteiger partial charge on any atom is 0.160 e. The highest BCUT2D eigenvalue weighted by Crippen LogP contribution is 2.45. The Kier molecular flexibility index (Phi) is 9.56. The van der Waals surface area contributed by atoms with Crippen molar-refractivity contribution in [2.75, 3.05) is 0 Å². The molecule has 7 nitrogen and oxygen atoms in total. The highest BCUT2D eigenvalue weighted by atomic mass is 15.0.